The minimum Gasteiger partial charge on any atom is -0.465 e. The highest BCUT2D eigenvalue weighted by Crippen LogP contribution is 2.65. The van der Waals surface area contributed by atoms with E-state index in [1.54, 1.807) is 20.8 Å². The van der Waals surface area contributed by atoms with E-state index in [1.165, 1.54) is 0 Å². The molecule has 1 heterocycles. The van der Waals surface area contributed by atoms with E-state index in [0.717, 1.165) is 12.8 Å². The monoisotopic (exact) mass is 722 g/mol. The first-order chi connectivity index (χ1) is 22.9. The van der Waals surface area contributed by atoms with Gasteiger partial charge in [0.2, 0.25) is 17.7 Å². The van der Waals surface area contributed by atoms with Crippen LogP contribution in [0.4, 0.5) is 4.79 Å². The standard InChI is InChI=1S/C36H67BN4O8Si/c1-21(2)18-28(37-47-27-20-24-19-26(35(24,9)10)36(27,11)49-37)40-31(43)25(16-14-15-17-38-33(45)46)39-32(44)29(41-30(42)22(3)4)23(5)48-50(12,13)34(6,7)8/h21-29,38H,14-20H2,1-13H3,(H,39,44)(H,40,43)(H,41,42)(H,45,46)/t23-,24+,25+,26+,27-,28+,29+,36+/m1/s1. The van der Waals surface area contributed by atoms with Crippen molar-refractivity contribution in [1.29, 1.82) is 0 Å². The van der Waals surface area contributed by atoms with Gasteiger partial charge in [-0.05, 0) is 93.7 Å². The molecule has 12 nitrogen and oxygen atoms in total. The highest BCUT2D eigenvalue weighted by molar-refractivity contribution is 6.74. The van der Waals surface area contributed by atoms with Crippen molar-refractivity contribution in [1.82, 2.24) is 21.3 Å². The summed E-state index contributed by atoms with van der Waals surface area (Å²) < 4.78 is 19.9. The molecule has 14 heteroatoms. The third-order valence-electron chi connectivity index (χ3n) is 12.0. The molecular formula is C36H67BN4O8Si. The predicted molar refractivity (Wildman–Crippen MR) is 198 cm³/mol. The molecule has 2 bridgehead atoms. The van der Waals surface area contributed by atoms with Gasteiger partial charge in [-0.2, -0.15) is 0 Å². The maximum atomic E-state index is 14.2. The van der Waals surface area contributed by atoms with Gasteiger partial charge < -0.3 is 40.1 Å². The SMILES string of the molecule is CC(C)C[C@H](NC(=O)[C@H](CCCCNC(=O)O)NC(=O)[C@@H](NC(=O)C(C)C)[C@@H](C)O[Si](C)(C)C(C)(C)C)B1O[C@@H]2C[C@@H]3C[C@@H](C3(C)C)[C@]2(C)O1. The van der Waals surface area contributed by atoms with Crippen molar-refractivity contribution < 1.29 is 38.0 Å². The van der Waals surface area contributed by atoms with Crippen LogP contribution in [0.25, 0.3) is 0 Å². The highest BCUT2D eigenvalue weighted by Gasteiger charge is 2.68. The van der Waals surface area contributed by atoms with E-state index in [-0.39, 0.29) is 53.2 Å². The zero-order valence-corrected chi connectivity index (χ0v) is 34.0. The van der Waals surface area contributed by atoms with E-state index in [0.29, 0.717) is 31.1 Å². The van der Waals surface area contributed by atoms with Gasteiger partial charge in [-0.3, -0.25) is 14.4 Å². The minimum atomic E-state index is -2.33. The molecule has 3 aliphatic carbocycles. The summed E-state index contributed by atoms with van der Waals surface area (Å²) in [5, 5.41) is 20.3. The number of carbonyl (C=O) groups is 4. The number of hydrogen-bond acceptors (Lipinski definition) is 7. The van der Waals surface area contributed by atoms with Crippen molar-refractivity contribution in [3.8, 4) is 0 Å². The second-order valence-corrected chi connectivity index (χ2v) is 22.9. The normalized spacial score (nSPS) is 26.7. The van der Waals surface area contributed by atoms with Gasteiger partial charge in [0.05, 0.1) is 23.8 Å². The van der Waals surface area contributed by atoms with Crippen LogP contribution in [0, 0.1) is 29.1 Å². The predicted octanol–water partition coefficient (Wildman–Crippen LogP) is 5.26. The molecule has 4 amide bonds. The van der Waals surface area contributed by atoms with Gasteiger partial charge >= 0.3 is 13.2 Å². The van der Waals surface area contributed by atoms with Gasteiger partial charge in [0.15, 0.2) is 8.32 Å². The summed E-state index contributed by atoms with van der Waals surface area (Å²) in [7, 11) is -2.96. The summed E-state index contributed by atoms with van der Waals surface area (Å²) in [5.41, 5.74) is -0.256. The summed E-state index contributed by atoms with van der Waals surface area (Å²) >= 11 is 0. The molecule has 1 aliphatic heterocycles. The summed E-state index contributed by atoms with van der Waals surface area (Å²) in [4.78, 5) is 52.2. The zero-order valence-electron chi connectivity index (χ0n) is 33.0. The summed E-state index contributed by atoms with van der Waals surface area (Å²) in [6, 6.07) is -1.99. The molecule has 5 N–H and O–H groups in total. The molecule has 4 rings (SSSR count). The second kappa shape index (κ2) is 16.2. The fourth-order valence-electron chi connectivity index (χ4n) is 7.72. The largest absolute Gasteiger partial charge is 0.481 e. The number of rotatable bonds is 17. The average Bonchev–Trinajstić information content (AvgIpc) is 3.34. The van der Waals surface area contributed by atoms with Crippen molar-refractivity contribution in [3.63, 3.8) is 0 Å². The number of carboxylic acid groups (broad SMARTS) is 1. The molecule has 8 atom stereocenters. The lowest BCUT2D eigenvalue weighted by Crippen LogP contribution is -2.65. The first kappa shape index (κ1) is 42.3. The van der Waals surface area contributed by atoms with E-state index in [4.69, 9.17) is 18.8 Å². The fourth-order valence-corrected chi connectivity index (χ4v) is 9.14. The molecule has 0 spiro atoms. The summed E-state index contributed by atoms with van der Waals surface area (Å²) in [6.07, 6.45) is 2.07. The van der Waals surface area contributed by atoms with Crippen LogP contribution in [-0.2, 0) is 28.1 Å². The molecule has 0 aromatic heterocycles. The molecule has 0 aromatic carbocycles. The molecule has 0 unspecified atom stereocenters. The van der Waals surface area contributed by atoms with E-state index in [2.05, 4.69) is 89.8 Å². The van der Waals surface area contributed by atoms with Gasteiger partial charge in [-0.25, -0.2) is 4.79 Å². The van der Waals surface area contributed by atoms with E-state index < -0.39 is 57.2 Å². The smallest absolute Gasteiger partial charge is 0.465 e. The van der Waals surface area contributed by atoms with Gasteiger partial charge in [0, 0.05) is 12.5 Å². The molecule has 4 aliphatic rings. The lowest BCUT2D eigenvalue weighted by Gasteiger charge is -2.64. The second-order valence-electron chi connectivity index (χ2n) is 18.1. The van der Waals surface area contributed by atoms with Crippen molar-refractivity contribution in [2.45, 2.75) is 169 Å². The zero-order chi connectivity index (χ0) is 38.0. The summed E-state index contributed by atoms with van der Waals surface area (Å²) in [6.45, 7) is 27.0. The van der Waals surface area contributed by atoms with E-state index >= 15 is 0 Å². The summed E-state index contributed by atoms with van der Waals surface area (Å²) in [5.74, 6) is -0.797. The molecule has 286 valence electrons. The Labute approximate surface area is 302 Å². The Hall–Kier alpha value is -2.16. The average molecular weight is 723 g/mol. The highest BCUT2D eigenvalue weighted by atomic mass is 28.4. The van der Waals surface area contributed by atoms with Crippen LogP contribution in [0.5, 0.6) is 0 Å². The van der Waals surface area contributed by atoms with Gasteiger partial charge in [-0.15, -0.1) is 0 Å². The minimum absolute atomic E-state index is 0.0409. The Morgan fingerprint density at radius 2 is 1.58 bits per heavy atom. The molecular weight excluding hydrogens is 655 g/mol. The lowest BCUT2D eigenvalue weighted by molar-refractivity contribution is -0.199. The molecule has 0 aromatic rings. The molecule has 3 saturated carbocycles. The Kier molecular flexibility index (Phi) is 13.7. The van der Waals surface area contributed by atoms with Crippen molar-refractivity contribution in [2.75, 3.05) is 6.54 Å². The maximum Gasteiger partial charge on any atom is 0.481 e. The molecule has 4 fully saturated rings. The van der Waals surface area contributed by atoms with E-state index in [1.807, 2.05) is 0 Å². The molecule has 0 radical (unpaired) electrons. The van der Waals surface area contributed by atoms with E-state index in [9.17, 15) is 19.2 Å². The van der Waals surface area contributed by atoms with Crippen molar-refractivity contribution >= 4 is 39.3 Å². The lowest BCUT2D eigenvalue weighted by atomic mass is 9.43. The topological polar surface area (TPSA) is 164 Å². The quantitative estimate of drug-likeness (QED) is 0.100. The van der Waals surface area contributed by atoms with Crippen LogP contribution in [0.3, 0.4) is 0 Å². The van der Waals surface area contributed by atoms with Crippen LogP contribution >= 0.6 is 0 Å². The van der Waals surface area contributed by atoms with Crippen LogP contribution < -0.4 is 21.3 Å². The van der Waals surface area contributed by atoms with Crippen molar-refractivity contribution in [3.05, 3.63) is 0 Å². The first-order valence-electron chi connectivity index (χ1n) is 18.8. The van der Waals surface area contributed by atoms with Gasteiger partial charge in [0.25, 0.3) is 0 Å². The Morgan fingerprint density at radius 1 is 0.940 bits per heavy atom. The third kappa shape index (κ3) is 9.83. The number of unbranched alkanes of at least 4 members (excludes halogenated alkanes) is 1. The van der Waals surface area contributed by atoms with Crippen molar-refractivity contribution in [2.24, 2.45) is 29.1 Å². The fraction of sp³-hybridized carbons (Fsp3) is 0.889. The number of amides is 4. The van der Waals surface area contributed by atoms with Gasteiger partial charge in [0.1, 0.15) is 12.1 Å². The molecule has 50 heavy (non-hydrogen) atoms. The maximum absolute atomic E-state index is 14.2. The number of carbonyl (C=O) groups excluding carboxylic acids is 3. The first-order valence-corrected chi connectivity index (χ1v) is 21.7. The Bertz CT molecular complexity index is 1230. The molecule has 1 saturated heterocycles. The van der Waals surface area contributed by atoms with Crippen LogP contribution in [0.1, 0.15) is 115 Å². The third-order valence-corrected chi connectivity index (χ3v) is 16.6. The van der Waals surface area contributed by atoms with Crippen LogP contribution in [0.15, 0.2) is 0 Å². The van der Waals surface area contributed by atoms with Gasteiger partial charge in [-0.1, -0.05) is 62.3 Å². The Balaban J connectivity index is 1.84. The number of hydrogen-bond donors (Lipinski definition) is 5. The Morgan fingerprint density at radius 3 is 2.12 bits per heavy atom. The van der Waals surface area contributed by atoms with Crippen LogP contribution in [-0.4, -0.2) is 86.7 Å². The van der Waals surface area contributed by atoms with Crippen LogP contribution in [0.2, 0.25) is 18.1 Å². The number of nitrogens with one attached hydrogen (secondary N) is 4.